The third-order valence-corrected chi connectivity index (χ3v) is 2.93. The Morgan fingerprint density at radius 3 is 2.58 bits per heavy atom. The van der Waals surface area contributed by atoms with Crippen molar-refractivity contribution < 1.29 is 19.5 Å². The Bertz CT molecular complexity index is 530. The highest BCUT2D eigenvalue weighted by atomic mass is 35.5. The van der Waals surface area contributed by atoms with Gasteiger partial charge in [-0.15, -0.1) is 0 Å². The predicted octanol–water partition coefficient (Wildman–Crippen LogP) is 0.707. The van der Waals surface area contributed by atoms with Crippen molar-refractivity contribution in [2.75, 3.05) is 0 Å². The van der Waals surface area contributed by atoms with E-state index in [1.165, 1.54) is 6.07 Å². The minimum atomic E-state index is -1.36. The van der Waals surface area contributed by atoms with Gasteiger partial charge in [0.2, 0.25) is 5.91 Å². The zero-order valence-electron chi connectivity index (χ0n) is 10.1. The molecule has 102 valence electrons. The number of amides is 2. The second kappa shape index (κ2) is 6.19. The van der Waals surface area contributed by atoms with E-state index < -0.39 is 30.2 Å². The van der Waals surface area contributed by atoms with Crippen LogP contribution >= 0.6 is 11.6 Å². The number of hydrogen-bond donors (Lipinski definition) is 3. The van der Waals surface area contributed by atoms with Crippen LogP contribution in [0.25, 0.3) is 0 Å². The second-order valence-electron chi connectivity index (χ2n) is 3.95. The molecule has 0 saturated carbocycles. The molecule has 1 rings (SSSR count). The zero-order chi connectivity index (χ0) is 14.6. The number of primary amides is 1. The third-order valence-electron chi connectivity index (χ3n) is 2.52. The summed E-state index contributed by atoms with van der Waals surface area (Å²) in [4.78, 5) is 33.6. The number of halogens is 1. The highest BCUT2D eigenvalue weighted by Gasteiger charge is 2.23. The summed E-state index contributed by atoms with van der Waals surface area (Å²) < 4.78 is 0. The van der Waals surface area contributed by atoms with Gasteiger partial charge in [0.1, 0.15) is 6.04 Å². The van der Waals surface area contributed by atoms with Crippen molar-refractivity contribution >= 4 is 29.4 Å². The molecule has 0 bridgehead atoms. The Morgan fingerprint density at radius 2 is 2.05 bits per heavy atom. The monoisotopic (exact) mass is 284 g/mol. The molecule has 1 aromatic carbocycles. The topological polar surface area (TPSA) is 109 Å². The van der Waals surface area contributed by atoms with Crippen LogP contribution in [-0.4, -0.2) is 28.9 Å². The molecule has 0 fully saturated rings. The lowest BCUT2D eigenvalue weighted by molar-refractivity contribution is -0.140. The van der Waals surface area contributed by atoms with Crippen molar-refractivity contribution in [2.24, 2.45) is 5.73 Å². The predicted molar refractivity (Wildman–Crippen MR) is 68.9 cm³/mol. The van der Waals surface area contributed by atoms with Crippen molar-refractivity contribution in [1.29, 1.82) is 0 Å². The maximum Gasteiger partial charge on any atom is 0.326 e. The van der Waals surface area contributed by atoms with Gasteiger partial charge in [-0.2, -0.15) is 0 Å². The van der Waals surface area contributed by atoms with Crippen LogP contribution in [0.2, 0.25) is 5.02 Å². The summed E-state index contributed by atoms with van der Waals surface area (Å²) in [6.07, 6.45) is -0.472. The standard InChI is InChI=1S/C12H13ClN2O4/c1-6-7(3-2-4-8(6)13)11(17)15-9(12(18)19)5-10(14)16/h2-4,9H,5H2,1H3,(H2,14,16)(H,15,17)(H,18,19). The molecule has 7 heteroatoms. The quantitative estimate of drug-likeness (QED) is 0.739. The first kappa shape index (κ1) is 15.0. The summed E-state index contributed by atoms with van der Waals surface area (Å²) in [5.41, 5.74) is 5.71. The van der Waals surface area contributed by atoms with Crippen LogP contribution in [0, 0.1) is 6.92 Å². The number of aliphatic carboxylic acids is 1. The molecule has 19 heavy (non-hydrogen) atoms. The minimum absolute atomic E-state index is 0.253. The van der Waals surface area contributed by atoms with Gasteiger partial charge in [0.05, 0.1) is 6.42 Å². The molecule has 0 radical (unpaired) electrons. The SMILES string of the molecule is Cc1c(Cl)cccc1C(=O)NC(CC(N)=O)C(=O)O. The van der Waals surface area contributed by atoms with Crippen LogP contribution in [0.4, 0.5) is 0 Å². The smallest absolute Gasteiger partial charge is 0.326 e. The molecule has 1 aromatic rings. The molecule has 2 amide bonds. The number of benzene rings is 1. The molecule has 0 spiro atoms. The fourth-order valence-electron chi connectivity index (χ4n) is 1.49. The molecule has 4 N–H and O–H groups in total. The second-order valence-corrected chi connectivity index (χ2v) is 4.35. The zero-order valence-corrected chi connectivity index (χ0v) is 10.9. The van der Waals surface area contributed by atoms with Crippen LogP contribution in [0.3, 0.4) is 0 Å². The molecule has 0 saturated heterocycles. The normalized spacial score (nSPS) is 11.7. The molecule has 0 aliphatic carbocycles. The number of carboxylic acid groups (broad SMARTS) is 1. The maximum absolute atomic E-state index is 11.9. The Hall–Kier alpha value is -2.08. The van der Waals surface area contributed by atoms with Gasteiger partial charge in [-0.3, -0.25) is 9.59 Å². The van der Waals surface area contributed by atoms with Gasteiger partial charge in [-0.1, -0.05) is 17.7 Å². The van der Waals surface area contributed by atoms with Crippen LogP contribution in [-0.2, 0) is 9.59 Å². The molecule has 0 heterocycles. The summed E-state index contributed by atoms with van der Waals surface area (Å²) in [6.45, 7) is 1.64. The lowest BCUT2D eigenvalue weighted by Crippen LogP contribution is -2.43. The van der Waals surface area contributed by atoms with Crippen molar-refractivity contribution in [1.82, 2.24) is 5.32 Å². The van der Waals surface area contributed by atoms with E-state index in [0.717, 1.165) is 0 Å². The van der Waals surface area contributed by atoms with Crippen molar-refractivity contribution in [3.63, 3.8) is 0 Å². The van der Waals surface area contributed by atoms with Crippen LogP contribution in [0.15, 0.2) is 18.2 Å². The Morgan fingerprint density at radius 1 is 1.42 bits per heavy atom. The van der Waals surface area contributed by atoms with E-state index in [4.69, 9.17) is 22.4 Å². The first-order valence-electron chi connectivity index (χ1n) is 5.40. The molecule has 1 atom stereocenters. The average molecular weight is 285 g/mol. The van der Waals surface area contributed by atoms with Crippen LogP contribution in [0.1, 0.15) is 22.3 Å². The van der Waals surface area contributed by atoms with Gasteiger partial charge < -0.3 is 16.2 Å². The molecular formula is C12H13ClN2O4. The summed E-state index contributed by atoms with van der Waals surface area (Å²) in [7, 11) is 0. The van der Waals surface area contributed by atoms with E-state index in [9.17, 15) is 14.4 Å². The summed E-state index contributed by atoms with van der Waals surface area (Å²) in [5.74, 6) is -2.75. The molecule has 6 nitrogen and oxygen atoms in total. The number of rotatable bonds is 5. The summed E-state index contributed by atoms with van der Waals surface area (Å²) >= 11 is 5.87. The fourth-order valence-corrected chi connectivity index (χ4v) is 1.67. The number of carboxylic acids is 1. The first-order chi connectivity index (χ1) is 8.82. The van der Waals surface area contributed by atoms with E-state index in [-0.39, 0.29) is 5.56 Å². The fraction of sp³-hybridized carbons (Fsp3) is 0.250. The maximum atomic E-state index is 11.9. The summed E-state index contributed by atoms with van der Waals surface area (Å²) in [5, 5.41) is 11.5. The van der Waals surface area contributed by atoms with Gasteiger partial charge in [0.25, 0.3) is 5.91 Å². The van der Waals surface area contributed by atoms with E-state index in [1.54, 1.807) is 19.1 Å². The third kappa shape index (κ3) is 3.96. The molecule has 0 aliphatic rings. The molecular weight excluding hydrogens is 272 g/mol. The highest BCUT2D eigenvalue weighted by molar-refractivity contribution is 6.31. The van der Waals surface area contributed by atoms with Gasteiger partial charge in [-0.25, -0.2) is 4.79 Å². The van der Waals surface area contributed by atoms with Gasteiger partial charge in [-0.05, 0) is 24.6 Å². The number of carbonyl (C=O) groups is 3. The van der Waals surface area contributed by atoms with Crippen molar-refractivity contribution in [3.05, 3.63) is 34.3 Å². The van der Waals surface area contributed by atoms with E-state index >= 15 is 0 Å². The number of carbonyl (C=O) groups excluding carboxylic acids is 2. The Kier molecular flexibility index (Phi) is 4.88. The Balaban J connectivity index is 2.91. The largest absolute Gasteiger partial charge is 0.480 e. The van der Waals surface area contributed by atoms with E-state index in [1.807, 2.05) is 0 Å². The van der Waals surface area contributed by atoms with Crippen LogP contribution < -0.4 is 11.1 Å². The van der Waals surface area contributed by atoms with E-state index in [2.05, 4.69) is 5.32 Å². The van der Waals surface area contributed by atoms with Gasteiger partial charge in [0, 0.05) is 10.6 Å². The summed E-state index contributed by atoms with van der Waals surface area (Å²) in [6, 6.07) is 3.35. The van der Waals surface area contributed by atoms with Gasteiger partial charge in [0.15, 0.2) is 0 Å². The average Bonchev–Trinajstić information content (AvgIpc) is 2.31. The number of nitrogens with one attached hydrogen (secondary N) is 1. The van der Waals surface area contributed by atoms with Crippen molar-refractivity contribution in [3.8, 4) is 0 Å². The molecule has 1 unspecified atom stereocenters. The van der Waals surface area contributed by atoms with Crippen LogP contribution in [0.5, 0.6) is 0 Å². The lowest BCUT2D eigenvalue weighted by Gasteiger charge is -2.14. The Labute approximate surface area is 114 Å². The van der Waals surface area contributed by atoms with Crippen molar-refractivity contribution in [2.45, 2.75) is 19.4 Å². The first-order valence-corrected chi connectivity index (χ1v) is 5.77. The van der Waals surface area contributed by atoms with Gasteiger partial charge >= 0.3 is 5.97 Å². The highest BCUT2D eigenvalue weighted by Crippen LogP contribution is 2.18. The number of hydrogen-bond acceptors (Lipinski definition) is 3. The molecule has 0 aliphatic heterocycles. The number of nitrogens with two attached hydrogens (primary N) is 1. The van der Waals surface area contributed by atoms with E-state index in [0.29, 0.717) is 10.6 Å². The minimum Gasteiger partial charge on any atom is -0.480 e. The molecule has 0 aromatic heterocycles. The lowest BCUT2D eigenvalue weighted by atomic mass is 10.1.